The monoisotopic (exact) mass is 244 g/mol. The summed E-state index contributed by atoms with van der Waals surface area (Å²) in [6.07, 6.45) is 0.797. The third-order valence-electron chi connectivity index (χ3n) is 3.42. The van der Waals surface area contributed by atoms with Crippen molar-refractivity contribution in [2.75, 3.05) is 25.0 Å². The summed E-state index contributed by atoms with van der Waals surface area (Å²) in [6.45, 7) is 3.38. The molecule has 0 radical (unpaired) electrons. The van der Waals surface area contributed by atoms with Crippen LogP contribution in [0.1, 0.15) is 19.0 Å². The van der Waals surface area contributed by atoms with Gasteiger partial charge in [0.15, 0.2) is 0 Å². The van der Waals surface area contributed by atoms with Crippen molar-refractivity contribution < 1.29 is 4.79 Å². The van der Waals surface area contributed by atoms with Crippen LogP contribution in [-0.4, -0.2) is 31.0 Å². The first-order valence-electron chi connectivity index (χ1n) is 5.93. The lowest BCUT2D eigenvalue weighted by Crippen LogP contribution is -2.39. The Labute approximate surface area is 106 Å². The SMILES string of the molecule is CNC(=O)C1(C)CCN(c2cccc(C#N)n2)C1. The molecular formula is C13H16N4O. The molecule has 1 amide bonds. The Morgan fingerprint density at radius 3 is 3.06 bits per heavy atom. The molecular weight excluding hydrogens is 228 g/mol. The number of hydrogen-bond acceptors (Lipinski definition) is 4. The summed E-state index contributed by atoms with van der Waals surface area (Å²) in [5.41, 5.74) is 0.0278. The summed E-state index contributed by atoms with van der Waals surface area (Å²) in [7, 11) is 1.66. The Kier molecular flexibility index (Phi) is 3.19. The summed E-state index contributed by atoms with van der Waals surface area (Å²) >= 11 is 0. The van der Waals surface area contributed by atoms with Gasteiger partial charge in [0.1, 0.15) is 17.6 Å². The zero-order chi connectivity index (χ0) is 13.2. The molecule has 1 saturated heterocycles. The van der Waals surface area contributed by atoms with E-state index in [4.69, 9.17) is 5.26 Å². The fraction of sp³-hybridized carbons (Fsp3) is 0.462. The second kappa shape index (κ2) is 4.65. The number of nitriles is 1. The molecule has 1 aliphatic heterocycles. The van der Waals surface area contributed by atoms with Crippen molar-refractivity contribution in [2.45, 2.75) is 13.3 Å². The molecule has 1 aromatic rings. The minimum Gasteiger partial charge on any atom is -0.359 e. The quantitative estimate of drug-likeness (QED) is 0.839. The summed E-state index contributed by atoms with van der Waals surface area (Å²) in [6, 6.07) is 7.39. The molecule has 2 heterocycles. The summed E-state index contributed by atoms with van der Waals surface area (Å²) in [5.74, 6) is 0.822. The van der Waals surface area contributed by atoms with E-state index in [1.165, 1.54) is 0 Å². The zero-order valence-corrected chi connectivity index (χ0v) is 10.6. The van der Waals surface area contributed by atoms with Crippen LogP contribution in [0.4, 0.5) is 5.82 Å². The first kappa shape index (κ1) is 12.4. The fourth-order valence-electron chi connectivity index (χ4n) is 2.31. The van der Waals surface area contributed by atoms with Gasteiger partial charge in [0.2, 0.25) is 5.91 Å². The highest BCUT2D eigenvalue weighted by molar-refractivity contribution is 5.83. The lowest BCUT2D eigenvalue weighted by Gasteiger charge is -2.23. The standard InChI is InChI=1S/C13H16N4O/c1-13(12(18)15-2)6-7-17(9-13)11-5-3-4-10(8-14)16-11/h3-5H,6-7,9H2,1-2H3,(H,15,18). The third kappa shape index (κ3) is 2.14. The molecule has 1 unspecified atom stereocenters. The van der Waals surface area contributed by atoms with Crippen molar-refractivity contribution >= 4 is 11.7 Å². The van der Waals surface area contributed by atoms with Crippen LogP contribution in [0.2, 0.25) is 0 Å². The number of hydrogen-bond donors (Lipinski definition) is 1. The molecule has 0 bridgehead atoms. The number of anilines is 1. The molecule has 18 heavy (non-hydrogen) atoms. The van der Waals surface area contributed by atoms with Crippen molar-refractivity contribution in [1.82, 2.24) is 10.3 Å². The first-order valence-corrected chi connectivity index (χ1v) is 5.93. The van der Waals surface area contributed by atoms with E-state index >= 15 is 0 Å². The van der Waals surface area contributed by atoms with E-state index in [-0.39, 0.29) is 11.3 Å². The van der Waals surface area contributed by atoms with Crippen molar-refractivity contribution in [3.05, 3.63) is 23.9 Å². The van der Waals surface area contributed by atoms with E-state index in [0.717, 1.165) is 18.8 Å². The van der Waals surface area contributed by atoms with Crippen LogP contribution in [0.25, 0.3) is 0 Å². The summed E-state index contributed by atoms with van der Waals surface area (Å²) in [4.78, 5) is 18.1. The highest BCUT2D eigenvalue weighted by Crippen LogP contribution is 2.32. The summed E-state index contributed by atoms with van der Waals surface area (Å²) < 4.78 is 0. The van der Waals surface area contributed by atoms with Crippen molar-refractivity contribution in [3.63, 3.8) is 0 Å². The highest BCUT2D eigenvalue weighted by atomic mass is 16.2. The topological polar surface area (TPSA) is 69.0 Å². The van der Waals surface area contributed by atoms with E-state index in [1.54, 1.807) is 13.1 Å². The zero-order valence-electron chi connectivity index (χ0n) is 10.6. The molecule has 0 aliphatic carbocycles. The lowest BCUT2D eigenvalue weighted by atomic mass is 9.89. The van der Waals surface area contributed by atoms with Crippen LogP contribution >= 0.6 is 0 Å². The van der Waals surface area contributed by atoms with Gasteiger partial charge in [0, 0.05) is 20.1 Å². The highest BCUT2D eigenvalue weighted by Gasteiger charge is 2.40. The predicted octanol–water partition coefficient (Wildman–Crippen LogP) is 0.916. The maximum atomic E-state index is 11.8. The van der Waals surface area contributed by atoms with Gasteiger partial charge in [0.05, 0.1) is 5.41 Å². The molecule has 0 spiro atoms. The van der Waals surface area contributed by atoms with Gasteiger partial charge < -0.3 is 10.2 Å². The maximum Gasteiger partial charge on any atom is 0.227 e. The van der Waals surface area contributed by atoms with Gasteiger partial charge in [-0.1, -0.05) is 6.07 Å². The predicted molar refractivity (Wildman–Crippen MR) is 68.0 cm³/mol. The van der Waals surface area contributed by atoms with E-state index < -0.39 is 0 Å². The Hall–Kier alpha value is -2.09. The van der Waals surface area contributed by atoms with Crippen molar-refractivity contribution in [1.29, 1.82) is 5.26 Å². The summed E-state index contributed by atoms with van der Waals surface area (Å²) in [5, 5.41) is 11.5. The van der Waals surface area contributed by atoms with Gasteiger partial charge >= 0.3 is 0 Å². The van der Waals surface area contributed by atoms with Crippen LogP contribution in [0.15, 0.2) is 18.2 Å². The van der Waals surface area contributed by atoms with E-state index in [9.17, 15) is 4.79 Å². The number of aromatic nitrogens is 1. The van der Waals surface area contributed by atoms with Gasteiger partial charge in [-0.2, -0.15) is 5.26 Å². The number of rotatable bonds is 2. The Morgan fingerprint density at radius 2 is 2.39 bits per heavy atom. The van der Waals surface area contributed by atoms with Crippen LogP contribution < -0.4 is 10.2 Å². The smallest absolute Gasteiger partial charge is 0.227 e. The molecule has 1 fully saturated rings. The molecule has 1 N–H and O–H groups in total. The Morgan fingerprint density at radius 1 is 1.61 bits per heavy atom. The van der Waals surface area contributed by atoms with E-state index in [1.807, 2.05) is 25.1 Å². The first-order chi connectivity index (χ1) is 8.59. The van der Waals surface area contributed by atoms with Gasteiger partial charge in [-0.3, -0.25) is 4.79 Å². The van der Waals surface area contributed by atoms with Crippen LogP contribution in [0.3, 0.4) is 0 Å². The van der Waals surface area contributed by atoms with Crippen molar-refractivity contribution in [3.8, 4) is 6.07 Å². The molecule has 94 valence electrons. The molecule has 1 atom stereocenters. The molecule has 5 nitrogen and oxygen atoms in total. The van der Waals surface area contributed by atoms with Gasteiger partial charge in [-0.15, -0.1) is 0 Å². The Bertz CT molecular complexity index is 508. The molecule has 2 rings (SSSR count). The molecule has 0 saturated carbocycles. The van der Waals surface area contributed by atoms with Crippen LogP contribution in [-0.2, 0) is 4.79 Å². The Balaban J connectivity index is 2.18. The second-order valence-corrected chi connectivity index (χ2v) is 4.80. The number of carbonyl (C=O) groups is 1. The average Bonchev–Trinajstić information content (AvgIpc) is 2.82. The van der Waals surface area contributed by atoms with E-state index in [0.29, 0.717) is 12.2 Å². The normalized spacial score (nSPS) is 22.6. The number of amides is 1. The largest absolute Gasteiger partial charge is 0.359 e. The van der Waals surface area contributed by atoms with Gasteiger partial charge in [-0.25, -0.2) is 4.98 Å². The number of nitrogens with one attached hydrogen (secondary N) is 1. The lowest BCUT2D eigenvalue weighted by molar-refractivity contribution is -0.128. The molecule has 1 aromatic heterocycles. The maximum absolute atomic E-state index is 11.8. The number of pyridine rings is 1. The number of carbonyl (C=O) groups excluding carboxylic acids is 1. The molecule has 5 heteroatoms. The van der Waals surface area contributed by atoms with Gasteiger partial charge in [-0.05, 0) is 25.5 Å². The second-order valence-electron chi connectivity index (χ2n) is 4.80. The van der Waals surface area contributed by atoms with Crippen LogP contribution in [0.5, 0.6) is 0 Å². The molecule has 0 aromatic carbocycles. The fourth-order valence-corrected chi connectivity index (χ4v) is 2.31. The minimum absolute atomic E-state index is 0.0569. The number of nitrogens with zero attached hydrogens (tertiary/aromatic N) is 3. The van der Waals surface area contributed by atoms with Gasteiger partial charge in [0.25, 0.3) is 0 Å². The average molecular weight is 244 g/mol. The van der Waals surface area contributed by atoms with E-state index in [2.05, 4.69) is 15.2 Å². The van der Waals surface area contributed by atoms with Crippen LogP contribution in [0, 0.1) is 16.7 Å². The molecule has 1 aliphatic rings. The third-order valence-corrected chi connectivity index (χ3v) is 3.42. The van der Waals surface area contributed by atoms with Crippen molar-refractivity contribution in [2.24, 2.45) is 5.41 Å². The minimum atomic E-state index is -0.376.